The molecule has 4 amide bonds. The summed E-state index contributed by atoms with van der Waals surface area (Å²) < 4.78 is 5.43. The second kappa shape index (κ2) is 9.61. The average Bonchev–Trinajstić information content (AvgIpc) is 3.30. The number of nitriles is 1. The molecular weight excluding hydrogens is 384 g/mol. The highest BCUT2D eigenvalue weighted by atomic mass is 16.5. The molecule has 2 fully saturated rings. The molecule has 30 heavy (non-hydrogen) atoms. The van der Waals surface area contributed by atoms with Crippen molar-refractivity contribution in [1.29, 1.82) is 5.26 Å². The maximum Gasteiger partial charge on any atom is 0.325 e. The first-order valence-corrected chi connectivity index (χ1v) is 10.5. The molecule has 2 aliphatic rings. The van der Waals surface area contributed by atoms with E-state index in [0.29, 0.717) is 37.3 Å². The van der Waals surface area contributed by atoms with E-state index in [1.807, 2.05) is 6.92 Å². The zero-order chi connectivity index (χ0) is 21.6. The minimum atomic E-state index is -0.720. The van der Waals surface area contributed by atoms with Gasteiger partial charge in [0.05, 0.1) is 19.1 Å². The van der Waals surface area contributed by atoms with Crippen molar-refractivity contribution < 1.29 is 19.1 Å². The van der Waals surface area contributed by atoms with Crippen LogP contribution >= 0.6 is 0 Å². The number of benzene rings is 1. The second-order valence-corrected chi connectivity index (χ2v) is 7.66. The molecule has 1 saturated carbocycles. The van der Waals surface area contributed by atoms with Gasteiger partial charge in [0.1, 0.15) is 11.3 Å². The van der Waals surface area contributed by atoms with Gasteiger partial charge in [-0.1, -0.05) is 12.8 Å². The van der Waals surface area contributed by atoms with Gasteiger partial charge in [0, 0.05) is 25.2 Å². The molecular formula is C22H28N4O4. The SMILES string of the molecule is CCOc1ccc(N(CCC#N)C(=O)CCCN2C(=O)NC3(CCCC3)C2=O)cc1. The van der Waals surface area contributed by atoms with Gasteiger partial charge in [-0.05, 0) is 50.5 Å². The predicted octanol–water partition coefficient (Wildman–Crippen LogP) is 2.98. The van der Waals surface area contributed by atoms with Gasteiger partial charge in [0.25, 0.3) is 5.91 Å². The van der Waals surface area contributed by atoms with E-state index in [4.69, 9.17) is 10.00 Å². The summed E-state index contributed by atoms with van der Waals surface area (Å²) in [6, 6.07) is 8.88. The van der Waals surface area contributed by atoms with Crippen molar-refractivity contribution in [2.75, 3.05) is 24.6 Å². The van der Waals surface area contributed by atoms with E-state index in [1.165, 1.54) is 4.90 Å². The molecule has 1 aromatic carbocycles. The quantitative estimate of drug-likeness (QED) is 0.628. The number of ether oxygens (including phenoxy) is 1. The van der Waals surface area contributed by atoms with Gasteiger partial charge >= 0.3 is 6.03 Å². The van der Waals surface area contributed by atoms with Gasteiger partial charge in [-0.3, -0.25) is 14.5 Å². The molecule has 3 rings (SSSR count). The second-order valence-electron chi connectivity index (χ2n) is 7.66. The maximum absolute atomic E-state index is 12.8. The Labute approximate surface area is 176 Å². The van der Waals surface area contributed by atoms with E-state index in [-0.39, 0.29) is 43.8 Å². The number of nitrogens with zero attached hydrogens (tertiary/aromatic N) is 3. The summed E-state index contributed by atoms with van der Waals surface area (Å²) in [5, 5.41) is 11.8. The number of urea groups is 1. The van der Waals surface area contributed by atoms with E-state index >= 15 is 0 Å². The van der Waals surface area contributed by atoms with E-state index in [2.05, 4.69) is 11.4 Å². The van der Waals surface area contributed by atoms with Crippen molar-refractivity contribution in [3.8, 4) is 11.8 Å². The van der Waals surface area contributed by atoms with Crippen LogP contribution in [0.1, 0.15) is 51.9 Å². The molecule has 8 heteroatoms. The normalized spacial score (nSPS) is 17.1. The monoisotopic (exact) mass is 412 g/mol. The molecule has 1 aliphatic carbocycles. The summed E-state index contributed by atoms with van der Waals surface area (Å²) in [6.45, 7) is 2.96. The molecule has 160 valence electrons. The van der Waals surface area contributed by atoms with Crippen LogP contribution in [0.4, 0.5) is 10.5 Å². The summed E-state index contributed by atoms with van der Waals surface area (Å²) in [7, 11) is 0. The summed E-state index contributed by atoms with van der Waals surface area (Å²) in [5.74, 6) is 0.413. The van der Waals surface area contributed by atoms with Crippen LogP contribution in [0.15, 0.2) is 24.3 Å². The fourth-order valence-electron chi connectivity index (χ4n) is 4.17. The summed E-state index contributed by atoms with van der Waals surface area (Å²) >= 11 is 0. The van der Waals surface area contributed by atoms with Crippen molar-refractivity contribution >= 4 is 23.5 Å². The van der Waals surface area contributed by atoms with Crippen LogP contribution in [0.5, 0.6) is 5.75 Å². The molecule has 1 saturated heterocycles. The van der Waals surface area contributed by atoms with E-state index < -0.39 is 5.54 Å². The molecule has 1 N–H and O–H groups in total. The molecule has 0 bridgehead atoms. The lowest BCUT2D eigenvalue weighted by molar-refractivity contribution is -0.131. The molecule has 0 atom stereocenters. The van der Waals surface area contributed by atoms with Crippen molar-refractivity contribution in [2.45, 2.75) is 57.4 Å². The van der Waals surface area contributed by atoms with Gasteiger partial charge in [0.2, 0.25) is 5.91 Å². The minimum absolute atomic E-state index is 0.142. The van der Waals surface area contributed by atoms with Crippen LogP contribution in [0.25, 0.3) is 0 Å². The fourth-order valence-corrected chi connectivity index (χ4v) is 4.17. The number of anilines is 1. The van der Waals surface area contributed by atoms with Gasteiger partial charge in [-0.25, -0.2) is 4.79 Å². The number of rotatable bonds is 9. The number of imide groups is 1. The van der Waals surface area contributed by atoms with Crippen LogP contribution in [0, 0.1) is 11.3 Å². The first kappa shape index (κ1) is 21.6. The molecule has 0 unspecified atom stereocenters. The van der Waals surface area contributed by atoms with Gasteiger partial charge in [0.15, 0.2) is 0 Å². The Balaban J connectivity index is 1.58. The number of carbonyl (C=O) groups excluding carboxylic acids is 3. The molecule has 1 spiro atoms. The standard InChI is InChI=1S/C22H28N4O4/c1-2-30-18-10-8-17(9-11-18)25(16-6-14-23)19(27)7-5-15-26-20(28)22(24-21(26)29)12-3-4-13-22/h8-11H,2-7,12-13,15-16H2,1H3,(H,24,29). The zero-order valence-electron chi connectivity index (χ0n) is 17.4. The first-order valence-electron chi connectivity index (χ1n) is 10.5. The van der Waals surface area contributed by atoms with Crippen molar-refractivity contribution in [3.05, 3.63) is 24.3 Å². The fraction of sp³-hybridized carbons (Fsp3) is 0.545. The minimum Gasteiger partial charge on any atom is -0.494 e. The maximum atomic E-state index is 12.8. The van der Waals surface area contributed by atoms with E-state index in [9.17, 15) is 14.4 Å². The van der Waals surface area contributed by atoms with E-state index in [1.54, 1.807) is 29.2 Å². The summed E-state index contributed by atoms with van der Waals surface area (Å²) in [5.41, 5.74) is -0.0269. The Bertz CT molecular complexity index is 825. The Morgan fingerprint density at radius 3 is 2.60 bits per heavy atom. The number of hydrogen-bond acceptors (Lipinski definition) is 5. The Morgan fingerprint density at radius 2 is 1.97 bits per heavy atom. The lowest BCUT2D eigenvalue weighted by atomic mass is 9.98. The van der Waals surface area contributed by atoms with Gasteiger partial charge < -0.3 is 15.0 Å². The summed E-state index contributed by atoms with van der Waals surface area (Å²) in [4.78, 5) is 40.6. The first-order chi connectivity index (χ1) is 14.5. The molecule has 1 aromatic rings. The van der Waals surface area contributed by atoms with E-state index in [0.717, 1.165) is 12.8 Å². The number of carbonyl (C=O) groups is 3. The third-order valence-corrected chi connectivity index (χ3v) is 5.68. The highest BCUT2D eigenvalue weighted by molar-refractivity contribution is 6.07. The molecule has 1 heterocycles. The number of hydrogen-bond donors (Lipinski definition) is 1. The Kier molecular flexibility index (Phi) is 6.93. The van der Waals surface area contributed by atoms with Crippen molar-refractivity contribution in [3.63, 3.8) is 0 Å². The lowest BCUT2D eigenvalue weighted by Crippen LogP contribution is -2.44. The van der Waals surface area contributed by atoms with Crippen molar-refractivity contribution in [1.82, 2.24) is 10.2 Å². The van der Waals surface area contributed by atoms with Gasteiger partial charge in [-0.15, -0.1) is 0 Å². The Hall–Kier alpha value is -3.08. The Morgan fingerprint density at radius 1 is 1.27 bits per heavy atom. The largest absolute Gasteiger partial charge is 0.494 e. The van der Waals surface area contributed by atoms with Crippen LogP contribution in [-0.4, -0.2) is 48.0 Å². The molecule has 0 radical (unpaired) electrons. The zero-order valence-corrected chi connectivity index (χ0v) is 17.4. The number of amides is 4. The third-order valence-electron chi connectivity index (χ3n) is 5.68. The summed E-state index contributed by atoms with van der Waals surface area (Å²) in [6.07, 6.45) is 4.03. The molecule has 0 aromatic heterocycles. The predicted molar refractivity (Wildman–Crippen MR) is 111 cm³/mol. The molecule has 8 nitrogen and oxygen atoms in total. The lowest BCUT2D eigenvalue weighted by Gasteiger charge is -2.23. The highest BCUT2D eigenvalue weighted by Crippen LogP contribution is 2.35. The van der Waals surface area contributed by atoms with Crippen LogP contribution in [0.3, 0.4) is 0 Å². The van der Waals surface area contributed by atoms with Crippen LogP contribution in [0.2, 0.25) is 0 Å². The molecule has 1 aliphatic heterocycles. The van der Waals surface area contributed by atoms with Crippen molar-refractivity contribution in [2.24, 2.45) is 0 Å². The number of nitrogens with one attached hydrogen (secondary N) is 1. The van der Waals surface area contributed by atoms with Gasteiger partial charge in [-0.2, -0.15) is 5.26 Å². The average molecular weight is 412 g/mol. The smallest absolute Gasteiger partial charge is 0.325 e. The third kappa shape index (κ3) is 4.56. The van der Waals surface area contributed by atoms with Crippen LogP contribution in [-0.2, 0) is 9.59 Å². The topological polar surface area (TPSA) is 103 Å². The highest BCUT2D eigenvalue weighted by Gasteiger charge is 2.52. The van der Waals surface area contributed by atoms with Crippen LogP contribution < -0.4 is 15.0 Å².